The summed E-state index contributed by atoms with van der Waals surface area (Å²) in [5.41, 5.74) is 8.66. The molecule has 6 N–H and O–H groups in total. The maximum atomic E-state index is 13.3. The fourth-order valence-electron chi connectivity index (χ4n) is 5.29. The van der Waals surface area contributed by atoms with E-state index >= 15 is 0 Å². The third-order valence-corrected chi connectivity index (χ3v) is 7.62. The SMILES string of the molecule is CC[C@@]1(O)C(=O)OCc2c1cc1n(c2=O)Cc2cc3c(N)c(OC(=O)NCCCCCCC(=O)NO)ccc3nc2-1. The van der Waals surface area contributed by atoms with Crippen LogP contribution in [0.1, 0.15) is 62.1 Å². The van der Waals surface area contributed by atoms with Crippen molar-refractivity contribution in [2.45, 2.75) is 64.2 Å². The van der Waals surface area contributed by atoms with E-state index in [1.807, 2.05) is 0 Å². The van der Waals surface area contributed by atoms with E-state index in [1.165, 1.54) is 4.57 Å². The first-order valence-corrected chi connectivity index (χ1v) is 13.5. The number of rotatable bonds is 9. The predicted octanol–water partition coefficient (Wildman–Crippen LogP) is 2.21. The first-order valence-electron chi connectivity index (χ1n) is 13.5. The number of carbonyl (C=O) groups excluding carboxylic acids is 3. The molecule has 0 saturated heterocycles. The van der Waals surface area contributed by atoms with Crippen LogP contribution >= 0.6 is 0 Å². The highest BCUT2D eigenvalue weighted by Crippen LogP contribution is 2.40. The van der Waals surface area contributed by atoms with Gasteiger partial charge < -0.3 is 30.2 Å². The fourth-order valence-corrected chi connectivity index (χ4v) is 5.29. The van der Waals surface area contributed by atoms with Crippen LogP contribution in [0.2, 0.25) is 0 Å². The number of benzene rings is 1. The van der Waals surface area contributed by atoms with Gasteiger partial charge in [-0.25, -0.2) is 20.1 Å². The standard InChI is InChI=1S/C28H31N5O8/c1-2-28(38)18-12-20-24-15(13-33(20)25(35)17(18)14-40-26(28)36)11-16-19(31-24)8-9-21(23(16)29)41-27(37)30-10-6-4-3-5-7-22(34)32-39/h8-9,11-12,38-39H,2-7,10,13-14,29H2,1H3,(H,30,37)(H,32,34)/t28-/m0/s1. The van der Waals surface area contributed by atoms with E-state index in [0.717, 1.165) is 12.8 Å². The van der Waals surface area contributed by atoms with Crippen LogP contribution < -0.4 is 26.8 Å². The number of esters is 1. The Labute approximate surface area is 234 Å². The Bertz CT molecular complexity index is 1620. The van der Waals surface area contributed by atoms with Gasteiger partial charge in [0.15, 0.2) is 11.4 Å². The number of carbonyl (C=O) groups is 3. The summed E-state index contributed by atoms with van der Waals surface area (Å²) in [5.74, 6) is -1.04. The zero-order valence-electron chi connectivity index (χ0n) is 22.5. The van der Waals surface area contributed by atoms with Crippen molar-refractivity contribution in [3.05, 3.63) is 51.3 Å². The second-order valence-corrected chi connectivity index (χ2v) is 10.2. The molecule has 2 amide bonds. The van der Waals surface area contributed by atoms with E-state index in [1.54, 1.807) is 36.7 Å². The lowest BCUT2D eigenvalue weighted by atomic mass is 9.86. The molecule has 3 aromatic rings. The molecule has 2 aromatic heterocycles. The van der Waals surface area contributed by atoms with Crippen molar-refractivity contribution in [3.63, 3.8) is 0 Å². The van der Waals surface area contributed by atoms with Gasteiger partial charge in [0, 0.05) is 29.5 Å². The van der Waals surface area contributed by atoms with Crippen molar-refractivity contribution in [3.8, 4) is 17.1 Å². The maximum absolute atomic E-state index is 13.3. The Kier molecular flexibility index (Phi) is 7.65. The van der Waals surface area contributed by atoms with Gasteiger partial charge in [-0.1, -0.05) is 19.8 Å². The molecular formula is C28H31N5O8. The number of aromatic nitrogens is 2. The third-order valence-electron chi connectivity index (χ3n) is 7.62. The normalized spacial score (nSPS) is 16.9. The smallest absolute Gasteiger partial charge is 0.412 e. The minimum atomic E-state index is -1.91. The monoisotopic (exact) mass is 565 g/mol. The van der Waals surface area contributed by atoms with E-state index < -0.39 is 23.6 Å². The molecule has 2 aliphatic rings. The number of amides is 2. The van der Waals surface area contributed by atoms with E-state index in [2.05, 4.69) is 5.32 Å². The molecule has 2 aliphatic heterocycles. The van der Waals surface area contributed by atoms with E-state index in [0.29, 0.717) is 47.2 Å². The summed E-state index contributed by atoms with van der Waals surface area (Å²) < 4.78 is 12.1. The molecule has 13 nitrogen and oxygen atoms in total. The summed E-state index contributed by atoms with van der Waals surface area (Å²) in [5, 5.41) is 22.7. The number of pyridine rings is 2. The van der Waals surface area contributed by atoms with Crippen LogP contribution in [-0.4, -0.2) is 44.4 Å². The number of aliphatic hydroxyl groups is 1. The Balaban J connectivity index is 1.31. The number of nitrogens with two attached hydrogens (primary N) is 1. The van der Waals surface area contributed by atoms with Crippen molar-refractivity contribution in [2.75, 3.05) is 12.3 Å². The Morgan fingerprint density at radius 3 is 2.73 bits per heavy atom. The summed E-state index contributed by atoms with van der Waals surface area (Å²) >= 11 is 0. The van der Waals surface area contributed by atoms with Gasteiger partial charge in [-0.2, -0.15) is 0 Å². The molecule has 0 unspecified atom stereocenters. The number of hydrogen-bond acceptors (Lipinski definition) is 10. The average Bonchev–Trinajstić information content (AvgIpc) is 3.33. The predicted molar refractivity (Wildman–Crippen MR) is 146 cm³/mol. The number of hydroxylamine groups is 1. The molecule has 216 valence electrons. The minimum absolute atomic E-state index is 0.0537. The summed E-state index contributed by atoms with van der Waals surface area (Å²) in [4.78, 5) is 53.8. The number of anilines is 1. The van der Waals surface area contributed by atoms with Crippen LogP contribution in [0.3, 0.4) is 0 Å². The first kappa shape index (κ1) is 28.1. The number of cyclic esters (lactones) is 1. The van der Waals surface area contributed by atoms with Crippen LogP contribution in [0, 0.1) is 0 Å². The number of ether oxygens (including phenoxy) is 2. The summed E-state index contributed by atoms with van der Waals surface area (Å²) in [6.45, 7) is 2.04. The van der Waals surface area contributed by atoms with Crippen molar-refractivity contribution in [1.82, 2.24) is 20.3 Å². The van der Waals surface area contributed by atoms with E-state index in [9.17, 15) is 24.3 Å². The average molecular weight is 566 g/mol. The lowest BCUT2D eigenvalue weighted by molar-refractivity contribution is -0.172. The van der Waals surface area contributed by atoms with Gasteiger partial charge in [-0.3, -0.25) is 14.8 Å². The molecule has 0 bridgehead atoms. The van der Waals surface area contributed by atoms with Crippen molar-refractivity contribution in [1.29, 1.82) is 0 Å². The molecule has 0 radical (unpaired) electrons. The zero-order chi connectivity index (χ0) is 29.3. The topological polar surface area (TPSA) is 195 Å². The molecule has 0 aliphatic carbocycles. The second-order valence-electron chi connectivity index (χ2n) is 10.2. The lowest BCUT2D eigenvalue weighted by Gasteiger charge is -2.31. The lowest BCUT2D eigenvalue weighted by Crippen LogP contribution is -2.44. The number of fused-ring (bicyclic) bond motifs is 5. The number of unbranched alkanes of at least 4 members (excludes halogenated alkanes) is 3. The zero-order valence-corrected chi connectivity index (χ0v) is 22.5. The molecule has 0 saturated carbocycles. The molecule has 13 heteroatoms. The van der Waals surface area contributed by atoms with Crippen molar-refractivity contribution < 1.29 is 34.2 Å². The van der Waals surface area contributed by atoms with Gasteiger partial charge in [0.05, 0.1) is 34.7 Å². The molecule has 0 spiro atoms. The Morgan fingerprint density at radius 2 is 1.98 bits per heavy atom. The third kappa shape index (κ3) is 5.09. The van der Waals surface area contributed by atoms with Crippen molar-refractivity contribution in [2.24, 2.45) is 0 Å². The molecule has 1 atom stereocenters. The quantitative estimate of drug-likeness (QED) is 0.0660. The van der Waals surface area contributed by atoms with E-state index in [-0.39, 0.29) is 54.1 Å². The molecule has 4 heterocycles. The summed E-state index contributed by atoms with van der Waals surface area (Å²) in [6.07, 6.45) is 2.55. The van der Waals surface area contributed by atoms with Crippen LogP contribution in [0.25, 0.3) is 22.3 Å². The molecule has 41 heavy (non-hydrogen) atoms. The molecule has 1 aromatic carbocycles. The van der Waals surface area contributed by atoms with Gasteiger partial charge in [-0.15, -0.1) is 0 Å². The summed E-state index contributed by atoms with van der Waals surface area (Å²) in [7, 11) is 0. The maximum Gasteiger partial charge on any atom is 0.412 e. The van der Waals surface area contributed by atoms with Crippen LogP contribution in [0.4, 0.5) is 10.5 Å². The highest BCUT2D eigenvalue weighted by molar-refractivity contribution is 5.96. The largest absolute Gasteiger partial charge is 0.458 e. The number of nitrogens with one attached hydrogen (secondary N) is 2. The van der Waals surface area contributed by atoms with Gasteiger partial charge in [0.1, 0.15) is 6.61 Å². The molecule has 5 rings (SSSR count). The van der Waals surface area contributed by atoms with Gasteiger partial charge >= 0.3 is 12.1 Å². The number of hydrogen-bond donors (Lipinski definition) is 5. The fraction of sp³-hybridized carbons (Fsp3) is 0.393. The van der Waals surface area contributed by atoms with Crippen LogP contribution in [0.15, 0.2) is 29.1 Å². The molecule has 0 fully saturated rings. The Morgan fingerprint density at radius 1 is 1.20 bits per heavy atom. The van der Waals surface area contributed by atoms with E-state index in [4.69, 9.17) is 25.4 Å². The van der Waals surface area contributed by atoms with Crippen molar-refractivity contribution >= 4 is 34.6 Å². The summed E-state index contributed by atoms with van der Waals surface area (Å²) in [6, 6.07) is 6.65. The first-order chi connectivity index (χ1) is 19.7. The van der Waals surface area contributed by atoms with Gasteiger partial charge in [-0.05, 0) is 43.5 Å². The van der Waals surface area contributed by atoms with Gasteiger partial charge in [0.2, 0.25) is 5.91 Å². The Hall–Kier alpha value is -4.49. The highest BCUT2D eigenvalue weighted by Gasteiger charge is 2.45. The number of nitrogens with zero attached hydrogens (tertiary/aromatic N) is 2. The molecular weight excluding hydrogens is 534 g/mol. The van der Waals surface area contributed by atoms with Crippen LogP contribution in [0.5, 0.6) is 5.75 Å². The van der Waals surface area contributed by atoms with Crippen LogP contribution in [-0.2, 0) is 33.1 Å². The highest BCUT2D eigenvalue weighted by atomic mass is 16.6. The number of nitrogen functional groups attached to an aromatic ring is 1. The second kappa shape index (κ2) is 11.2. The van der Waals surface area contributed by atoms with Gasteiger partial charge in [0.25, 0.3) is 5.56 Å². The minimum Gasteiger partial charge on any atom is -0.458 e.